The van der Waals surface area contributed by atoms with Crippen molar-refractivity contribution in [2.75, 3.05) is 13.7 Å². The first kappa shape index (κ1) is 25.2. The van der Waals surface area contributed by atoms with Crippen LogP contribution in [0.4, 0.5) is 0 Å². The van der Waals surface area contributed by atoms with Crippen LogP contribution in [-0.4, -0.2) is 31.8 Å². The van der Waals surface area contributed by atoms with E-state index in [0.717, 1.165) is 15.2 Å². The minimum absolute atomic E-state index is 0.211. The lowest BCUT2D eigenvalue weighted by Crippen LogP contribution is -2.24. The number of rotatable bonds is 8. The molecule has 0 radical (unpaired) electrons. The zero-order valence-electron chi connectivity index (χ0n) is 19.0. The topological polar surface area (TPSA) is 86.2 Å². The maximum atomic E-state index is 12.4. The number of esters is 1. The first-order valence-electron chi connectivity index (χ1n) is 10.7. The van der Waals surface area contributed by atoms with Gasteiger partial charge in [-0.15, -0.1) is 0 Å². The van der Waals surface area contributed by atoms with Gasteiger partial charge in [0, 0.05) is 5.02 Å². The lowest BCUT2D eigenvalue weighted by Gasteiger charge is -2.10. The molecule has 4 aromatic carbocycles. The van der Waals surface area contributed by atoms with Gasteiger partial charge >= 0.3 is 5.97 Å². The Morgan fingerprint density at radius 1 is 0.972 bits per heavy atom. The van der Waals surface area contributed by atoms with E-state index in [4.69, 9.17) is 25.8 Å². The molecule has 0 atom stereocenters. The number of halogens is 2. The fraction of sp³-hybridized carbons (Fsp3) is 0.0741. The van der Waals surface area contributed by atoms with Crippen molar-refractivity contribution in [2.24, 2.45) is 5.10 Å². The van der Waals surface area contributed by atoms with Gasteiger partial charge in [0.15, 0.2) is 18.1 Å². The Bertz CT molecular complexity index is 1440. The highest BCUT2D eigenvalue weighted by Gasteiger charge is 2.13. The smallest absolute Gasteiger partial charge is 0.343 e. The second kappa shape index (κ2) is 11.7. The van der Waals surface area contributed by atoms with E-state index in [0.29, 0.717) is 27.6 Å². The molecule has 0 spiro atoms. The Kier molecular flexibility index (Phi) is 8.20. The molecule has 7 nitrogen and oxygen atoms in total. The molecule has 0 saturated heterocycles. The number of hydrazone groups is 1. The van der Waals surface area contributed by atoms with E-state index in [-0.39, 0.29) is 12.4 Å². The summed E-state index contributed by atoms with van der Waals surface area (Å²) in [5.74, 6) is 0.162. The molecule has 9 heteroatoms. The number of nitrogens with zero attached hydrogens (tertiary/aromatic N) is 1. The van der Waals surface area contributed by atoms with Gasteiger partial charge in [0.1, 0.15) is 5.75 Å². The summed E-state index contributed by atoms with van der Waals surface area (Å²) >= 11 is 9.38. The molecular weight excluding hydrogens is 548 g/mol. The Morgan fingerprint density at radius 3 is 2.50 bits per heavy atom. The predicted molar refractivity (Wildman–Crippen MR) is 142 cm³/mol. The first-order chi connectivity index (χ1) is 17.4. The minimum Gasteiger partial charge on any atom is -0.493 e. The summed E-state index contributed by atoms with van der Waals surface area (Å²) in [7, 11) is 1.46. The maximum Gasteiger partial charge on any atom is 0.343 e. The van der Waals surface area contributed by atoms with Crippen LogP contribution in [-0.2, 0) is 4.79 Å². The van der Waals surface area contributed by atoms with Gasteiger partial charge in [-0.2, -0.15) is 5.10 Å². The lowest BCUT2D eigenvalue weighted by molar-refractivity contribution is -0.123. The van der Waals surface area contributed by atoms with Crippen LogP contribution in [0, 0.1) is 0 Å². The number of hydrogen-bond acceptors (Lipinski definition) is 6. The highest BCUT2D eigenvalue weighted by molar-refractivity contribution is 9.10. The molecule has 1 N–H and O–H groups in total. The molecule has 0 aliphatic rings. The van der Waals surface area contributed by atoms with Crippen molar-refractivity contribution >= 4 is 56.4 Å². The van der Waals surface area contributed by atoms with Gasteiger partial charge in [0.2, 0.25) is 0 Å². The number of carbonyl (C=O) groups is 2. The summed E-state index contributed by atoms with van der Waals surface area (Å²) in [6, 6.07) is 22.8. The molecule has 0 aliphatic heterocycles. The van der Waals surface area contributed by atoms with Gasteiger partial charge < -0.3 is 14.2 Å². The van der Waals surface area contributed by atoms with Gasteiger partial charge in [-0.3, -0.25) is 4.79 Å². The van der Waals surface area contributed by atoms with Gasteiger partial charge in [-0.05, 0) is 80.8 Å². The Balaban J connectivity index is 1.33. The van der Waals surface area contributed by atoms with Crippen molar-refractivity contribution in [3.8, 4) is 17.2 Å². The summed E-state index contributed by atoms with van der Waals surface area (Å²) in [6.07, 6.45) is 1.44. The summed E-state index contributed by atoms with van der Waals surface area (Å²) in [5.41, 5.74) is 3.40. The van der Waals surface area contributed by atoms with Crippen LogP contribution in [0.25, 0.3) is 10.8 Å². The SMILES string of the molecule is COc1cc(C=NNC(=O)COc2ccc3ccccc3c2Br)ccc1OC(=O)c1ccc(Cl)cc1. The molecule has 0 unspecified atom stereocenters. The standard InChI is InChI=1S/C27H20BrClN2O5/c1-34-24-14-17(6-12-22(24)36-27(33)19-7-10-20(29)11-8-19)15-30-31-25(32)16-35-23-13-9-18-4-2-3-5-21(18)26(23)28/h2-15H,16H2,1H3,(H,31,32). The molecule has 0 fully saturated rings. The Labute approximate surface area is 220 Å². The van der Waals surface area contributed by atoms with Crippen LogP contribution in [0.3, 0.4) is 0 Å². The molecule has 4 rings (SSSR count). The fourth-order valence-electron chi connectivity index (χ4n) is 3.27. The highest BCUT2D eigenvalue weighted by atomic mass is 79.9. The third-order valence-electron chi connectivity index (χ3n) is 5.06. The Morgan fingerprint density at radius 2 is 1.72 bits per heavy atom. The van der Waals surface area contributed by atoms with Crippen molar-refractivity contribution in [2.45, 2.75) is 0 Å². The number of amides is 1. The number of benzene rings is 4. The fourth-order valence-corrected chi connectivity index (χ4v) is 4.01. The molecular formula is C27H20BrClN2O5. The molecule has 0 saturated carbocycles. The second-order valence-electron chi connectivity index (χ2n) is 7.49. The van der Waals surface area contributed by atoms with Crippen molar-refractivity contribution in [3.05, 3.63) is 99.5 Å². The van der Waals surface area contributed by atoms with E-state index in [1.54, 1.807) is 48.5 Å². The van der Waals surface area contributed by atoms with Crippen molar-refractivity contribution < 1.29 is 23.8 Å². The minimum atomic E-state index is -0.545. The Hall–Kier alpha value is -3.88. The summed E-state index contributed by atoms with van der Waals surface area (Å²) in [6.45, 7) is -0.211. The number of nitrogens with one attached hydrogen (secondary N) is 1. The molecule has 0 aromatic heterocycles. The van der Waals surface area contributed by atoms with E-state index in [9.17, 15) is 9.59 Å². The molecule has 36 heavy (non-hydrogen) atoms. The second-order valence-corrected chi connectivity index (χ2v) is 8.72. The molecule has 182 valence electrons. The number of carbonyl (C=O) groups excluding carboxylic acids is 2. The average Bonchev–Trinajstić information content (AvgIpc) is 2.89. The lowest BCUT2D eigenvalue weighted by atomic mass is 10.1. The van der Waals surface area contributed by atoms with Crippen LogP contribution < -0.4 is 19.6 Å². The van der Waals surface area contributed by atoms with Crippen LogP contribution in [0.1, 0.15) is 15.9 Å². The van der Waals surface area contributed by atoms with Crippen LogP contribution >= 0.6 is 27.5 Å². The molecule has 0 heterocycles. The van der Waals surface area contributed by atoms with Crippen molar-refractivity contribution in [1.29, 1.82) is 0 Å². The summed E-state index contributed by atoms with van der Waals surface area (Å²) < 4.78 is 17.2. The molecule has 0 bridgehead atoms. The van der Waals surface area contributed by atoms with E-state index in [1.165, 1.54) is 13.3 Å². The van der Waals surface area contributed by atoms with E-state index >= 15 is 0 Å². The molecule has 4 aromatic rings. The third kappa shape index (κ3) is 6.21. The van der Waals surface area contributed by atoms with E-state index in [1.807, 2.05) is 30.3 Å². The van der Waals surface area contributed by atoms with Gasteiger partial charge in [-0.1, -0.05) is 41.9 Å². The maximum absolute atomic E-state index is 12.4. The first-order valence-corrected chi connectivity index (χ1v) is 11.9. The molecule has 0 aliphatic carbocycles. The van der Waals surface area contributed by atoms with Crippen LogP contribution in [0.5, 0.6) is 17.2 Å². The highest BCUT2D eigenvalue weighted by Crippen LogP contribution is 2.33. The zero-order chi connectivity index (χ0) is 25.5. The number of methoxy groups -OCH3 is 1. The quantitative estimate of drug-likeness (QED) is 0.122. The van der Waals surface area contributed by atoms with Crippen molar-refractivity contribution in [3.63, 3.8) is 0 Å². The number of fused-ring (bicyclic) bond motifs is 1. The molecule has 1 amide bonds. The largest absolute Gasteiger partial charge is 0.493 e. The van der Waals surface area contributed by atoms with Gasteiger partial charge in [0.25, 0.3) is 5.91 Å². The summed E-state index contributed by atoms with van der Waals surface area (Å²) in [4.78, 5) is 24.5. The zero-order valence-corrected chi connectivity index (χ0v) is 21.4. The van der Waals surface area contributed by atoms with E-state index in [2.05, 4.69) is 26.5 Å². The van der Waals surface area contributed by atoms with Crippen LogP contribution in [0.2, 0.25) is 5.02 Å². The van der Waals surface area contributed by atoms with Crippen molar-refractivity contribution in [1.82, 2.24) is 5.43 Å². The van der Waals surface area contributed by atoms with Gasteiger partial charge in [-0.25, -0.2) is 10.2 Å². The third-order valence-corrected chi connectivity index (χ3v) is 6.13. The monoisotopic (exact) mass is 566 g/mol. The summed E-state index contributed by atoms with van der Waals surface area (Å²) in [5, 5.41) is 6.53. The number of hydrogen-bond donors (Lipinski definition) is 1. The number of ether oxygens (including phenoxy) is 3. The van der Waals surface area contributed by atoms with E-state index < -0.39 is 11.9 Å². The normalized spacial score (nSPS) is 10.9. The predicted octanol–water partition coefficient (Wildman–Crippen LogP) is 6.01. The average molecular weight is 568 g/mol. The van der Waals surface area contributed by atoms with Gasteiger partial charge in [0.05, 0.1) is 23.4 Å². The van der Waals surface area contributed by atoms with Crippen LogP contribution in [0.15, 0.2) is 88.4 Å².